The number of benzene rings is 1. The summed E-state index contributed by atoms with van der Waals surface area (Å²) in [5, 5.41) is 2.83. The number of pyridine rings is 1. The molecule has 1 N–H and O–H groups in total. The fourth-order valence-corrected chi connectivity index (χ4v) is 2.55. The highest BCUT2D eigenvalue weighted by molar-refractivity contribution is 5.94. The predicted octanol–water partition coefficient (Wildman–Crippen LogP) is 3.33. The molecule has 0 saturated heterocycles. The zero-order valence-corrected chi connectivity index (χ0v) is 13.4. The number of aromatic nitrogens is 2. The van der Waals surface area contributed by atoms with Gasteiger partial charge in [-0.1, -0.05) is 12.1 Å². The van der Waals surface area contributed by atoms with Crippen molar-refractivity contribution in [2.45, 2.75) is 27.3 Å². The molecule has 2 aromatic heterocycles. The number of nitrogens with zero attached hydrogens (tertiary/aromatic N) is 2. The molecule has 0 bridgehead atoms. The Bertz CT molecular complexity index is 899. The van der Waals surface area contributed by atoms with Gasteiger partial charge in [0, 0.05) is 12.7 Å². The Balaban J connectivity index is 1.83. The minimum Gasteiger partial charge on any atom is -0.347 e. The molecule has 4 nitrogen and oxygen atoms in total. The van der Waals surface area contributed by atoms with E-state index in [4.69, 9.17) is 0 Å². The second-order valence-electron chi connectivity index (χ2n) is 5.74. The first-order chi connectivity index (χ1) is 11.0. The van der Waals surface area contributed by atoms with Gasteiger partial charge in [0.1, 0.15) is 17.2 Å². The van der Waals surface area contributed by atoms with Gasteiger partial charge < -0.3 is 5.32 Å². The van der Waals surface area contributed by atoms with E-state index in [1.165, 1.54) is 6.07 Å². The van der Waals surface area contributed by atoms with Gasteiger partial charge in [-0.25, -0.2) is 9.37 Å². The molecule has 0 aliphatic heterocycles. The van der Waals surface area contributed by atoms with Crippen LogP contribution in [0.3, 0.4) is 0 Å². The number of rotatable bonds is 3. The van der Waals surface area contributed by atoms with Crippen LogP contribution in [-0.4, -0.2) is 15.3 Å². The van der Waals surface area contributed by atoms with E-state index in [0.29, 0.717) is 17.0 Å². The molecule has 3 rings (SSSR count). The molecule has 118 valence electrons. The number of amides is 1. The van der Waals surface area contributed by atoms with Crippen LogP contribution >= 0.6 is 0 Å². The topological polar surface area (TPSA) is 46.4 Å². The quantitative estimate of drug-likeness (QED) is 0.806. The molecule has 5 heteroatoms. The average Bonchev–Trinajstić information content (AvgIpc) is 2.83. The number of aryl methyl sites for hydroxylation is 3. The number of hydrogen-bond acceptors (Lipinski definition) is 2. The minimum atomic E-state index is -0.266. The minimum absolute atomic E-state index is 0.222. The highest BCUT2D eigenvalue weighted by atomic mass is 19.1. The summed E-state index contributed by atoms with van der Waals surface area (Å²) in [4.78, 5) is 16.9. The maximum absolute atomic E-state index is 13.6. The zero-order valence-electron chi connectivity index (χ0n) is 13.4. The molecule has 0 saturated carbocycles. The lowest BCUT2D eigenvalue weighted by Gasteiger charge is -2.07. The molecule has 0 aliphatic rings. The van der Waals surface area contributed by atoms with Crippen LogP contribution in [0.1, 0.15) is 32.9 Å². The van der Waals surface area contributed by atoms with Crippen LogP contribution in [0, 0.1) is 26.6 Å². The van der Waals surface area contributed by atoms with Gasteiger partial charge in [0.15, 0.2) is 0 Å². The molecular weight excluding hydrogens is 293 g/mol. The molecule has 2 heterocycles. The monoisotopic (exact) mass is 311 g/mol. The normalized spacial score (nSPS) is 11.0. The van der Waals surface area contributed by atoms with Crippen LogP contribution in [0.2, 0.25) is 0 Å². The Morgan fingerprint density at radius 1 is 1.22 bits per heavy atom. The summed E-state index contributed by atoms with van der Waals surface area (Å²) < 4.78 is 15.3. The Morgan fingerprint density at radius 2 is 2.00 bits per heavy atom. The number of carbonyl (C=O) groups is 1. The molecule has 23 heavy (non-hydrogen) atoms. The third-order valence-corrected chi connectivity index (χ3v) is 3.86. The van der Waals surface area contributed by atoms with E-state index < -0.39 is 0 Å². The second kappa shape index (κ2) is 5.83. The van der Waals surface area contributed by atoms with Crippen molar-refractivity contribution < 1.29 is 9.18 Å². The van der Waals surface area contributed by atoms with Crippen molar-refractivity contribution in [2.24, 2.45) is 0 Å². The Kier molecular flexibility index (Phi) is 3.86. The molecule has 0 aliphatic carbocycles. The molecule has 0 fully saturated rings. The molecule has 0 unspecified atom stereocenters. The van der Waals surface area contributed by atoms with E-state index in [0.717, 1.165) is 16.8 Å². The summed E-state index contributed by atoms with van der Waals surface area (Å²) in [5.74, 6) is -0.488. The number of hydrogen-bond donors (Lipinski definition) is 1. The van der Waals surface area contributed by atoms with E-state index in [1.54, 1.807) is 17.4 Å². The van der Waals surface area contributed by atoms with Crippen molar-refractivity contribution in [3.05, 3.63) is 70.4 Å². The van der Waals surface area contributed by atoms with Gasteiger partial charge in [-0.2, -0.15) is 0 Å². The largest absolute Gasteiger partial charge is 0.347 e. The average molecular weight is 311 g/mol. The summed E-state index contributed by atoms with van der Waals surface area (Å²) in [6, 6.07) is 8.82. The lowest BCUT2D eigenvalue weighted by atomic mass is 10.1. The van der Waals surface area contributed by atoms with Gasteiger partial charge in [-0.3, -0.25) is 9.20 Å². The van der Waals surface area contributed by atoms with Crippen molar-refractivity contribution >= 4 is 11.6 Å². The first-order valence-corrected chi connectivity index (χ1v) is 7.44. The summed E-state index contributed by atoms with van der Waals surface area (Å²) >= 11 is 0. The maximum atomic E-state index is 13.6. The SMILES string of the molecule is Cc1ccn2c(C(=O)NCc3ccc(C)c(F)c3)c(C)nc2c1. The number of halogens is 1. The Labute approximate surface area is 134 Å². The molecule has 1 aromatic carbocycles. The molecule has 0 spiro atoms. The van der Waals surface area contributed by atoms with Crippen LogP contribution in [0.4, 0.5) is 4.39 Å². The first-order valence-electron chi connectivity index (χ1n) is 7.44. The first kappa shape index (κ1) is 15.2. The summed E-state index contributed by atoms with van der Waals surface area (Å²) in [7, 11) is 0. The number of nitrogens with one attached hydrogen (secondary N) is 1. The smallest absolute Gasteiger partial charge is 0.270 e. The summed E-state index contributed by atoms with van der Waals surface area (Å²) in [6.45, 7) is 5.77. The third-order valence-electron chi connectivity index (χ3n) is 3.86. The highest BCUT2D eigenvalue weighted by Gasteiger charge is 2.16. The van der Waals surface area contributed by atoms with Crippen molar-refractivity contribution in [1.29, 1.82) is 0 Å². The van der Waals surface area contributed by atoms with Gasteiger partial charge in [0.25, 0.3) is 5.91 Å². The van der Waals surface area contributed by atoms with E-state index >= 15 is 0 Å². The van der Waals surface area contributed by atoms with E-state index in [9.17, 15) is 9.18 Å². The Hall–Kier alpha value is -2.69. The molecule has 3 aromatic rings. The van der Waals surface area contributed by atoms with Gasteiger partial charge >= 0.3 is 0 Å². The summed E-state index contributed by atoms with van der Waals surface area (Å²) in [6.07, 6.45) is 1.84. The van der Waals surface area contributed by atoms with Crippen molar-refractivity contribution in [2.75, 3.05) is 0 Å². The number of carbonyl (C=O) groups excluding carboxylic acids is 1. The lowest BCUT2D eigenvalue weighted by Crippen LogP contribution is -2.25. The third kappa shape index (κ3) is 2.95. The van der Waals surface area contributed by atoms with Gasteiger partial charge in [-0.15, -0.1) is 0 Å². The maximum Gasteiger partial charge on any atom is 0.270 e. The molecule has 0 radical (unpaired) electrons. The van der Waals surface area contributed by atoms with Crippen LogP contribution in [0.5, 0.6) is 0 Å². The fraction of sp³-hybridized carbons (Fsp3) is 0.222. The van der Waals surface area contributed by atoms with Gasteiger partial charge in [-0.05, 0) is 55.7 Å². The fourth-order valence-electron chi connectivity index (χ4n) is 2.55. The van der Waals surface area contributed by atoms with Crippen molar-refractivity contribution in [3.8, 4) is 0 Å². The van der Waals surface area contributed by atoms with Gasteiger partial charge in [0.2, 0.25) is 0 Å². The van der Waals surface area contributed by atoms with Crippen LogP contribution in [0.25, 0.3) is 5.65 Å². The highest BCUT2D eigenvalue weighted by Crippen LogP contribution is 2.14. The van der Waals surface area contributed by atoms with Crippen LogP contribution < -0.4 is 5.32 Å². The van der Waals surface area contributed by atoms with E-state index in [1.807, 2.05) is 38.2 Å². The van der Waals surface area contributed by atoms with Crippen LogP contribution in [0.15, 0.2) is 36.5 Å². The molecule has 1 amide bonds. The molecule has 0 atom stereocenters. The zero-order chi connectivity index (χ0) is 16.6. The Morgan fingerprint density at radius 3 is 2.74 bits per heavy atom. The summed E-state index contributed by atoms with van der Waals surface area (Å²) in [5.41, 5.74) is 4.33. The molecular formula is C18H18FN3O. The van der Waals surface area contributed by atoms with Gasteiger partial charge in [0.05, 0.1) is 5.69 Å². The number of imidazole rings is 1. The second-order valence-corrected chi connectivity index (χ2v) is 5.74. The standard InChI is InChI=1S/C18H18FN3O/c1-11-6-7-22-16(8-11)21-13(3)17(22)18(23)20-10-14-5-4-12(2)15(19)9-14/h4-9H,10H2,1-3H3,(H,20,23). The van der Waals surface area contributed by atoms with E-state index in [-0.39, 0.29) is 18.3 Å². The van der Waals surface area contributed by atoms with Crippen molar-refractivity contribution in [1.82, 2.24) is 14.7 Å². The van der Waals surface area contributed by atoms with Crippen molar-refractivity contribution in [3.63, 3.8) is 0 Å². The lowest BCUT2D eigenvalue weighted by molar-refractivity contribution is 0.0944. The van der Waals surface area contributed by atoms with E-state index in [2.05, 4.69) is 10.3 Å². The predicted molar refractivity (Wildman–Crippen MR) is 87.0 cm³/mol. The number of fused-ring (bicyclic) bond motifs is 1. The van der Waals surface area contributed by atoms with Crippen LogP contribution in [-0.2, 0) is 6.54 Å².